The molecule has 0 saturated heterocycles. The molecule has 2 N–H and O–H groups in total. The van der Waals surface area contributed by atoms with E-state index in [4.69, 9.17) is 5.41 Å². The first-order valence-electron chi connectivity index (χ1n) is 8.32. The zero-order valence-corrected chi connectivity index (χ0v) is 14.8. The molecular formula is C20H16N6O. The van der Waals surface area contributed by atoms with Gasteiger partial charge < -0.3 is 0 Å². The predicted octanol–water partition coefficient (Wildman–Crippen LogP) is 2.13. The Morgan fingerprint density at radius 3 is 2.59 bits per heavy atom. The number of aromatic nitrogens is 3. The lowest BCUT2D eigenvalue weighted by Crippen LogP contribution is -2.20. The Hall–Kier alpha value is -3.76. The third kappa shape index (κ3) is 2.78. The van der Waals surface area contributed by atoms with Gasteiger partial charge in [-0.25, -0.2) is 14.6 Å². The lowest BCUT2D eigenvalue weighted by atomic mass is 10.0. The molecule has 4 rings (SSSR count). The number of rotatable bonds is 1. The molecule has 3 aromatic rings. The molecule has 0 bridgehead atoms. The highest BCUT2D eigenvalue weighted by molar-refractivity contribution is 5.80. The van der Waals surface area contributed by atoms with Crippen molar-refractivity contribution >= 4 is 11.2 Å². The van der Waals surface area contributed by atoms with Crippen molar-refractivity contribution < 1.29 is 5.21 Å². The van der Waals surface area contributed by atoms with Gasteiger partial charge in [0.25, 0.3) is 0 Å². The molecule has 0 spiro atoms. The molecule has 0 fully saturated rings. The third-order valence-corrected chi connectivity index (χ3v) is 4.44. The number of fused-ring (bicyclic) bond motifs is 1. The van der Waals surface area contributed by atoms with E-state index in [0.29, 0.717) is 28.3 Å². The molecule has 0 atom stereocenters. The minimum Gasteiger partial charge on any atom is -0.284 e. The van der Waals surface area contributed by atoms with Gasteiger partial charge in [0, 0.05) is 29.2 Å². The van der Waals surface area contributed by atoms with Crippen LogP contribution in [0, 0.1) is 16.7 Å². The van der Waals surface area contributed by atoms with E-state index in [0.717, 1.165) is 21.4 Å². The fraction of sp³-hybridized carbons (Fsp3) is 0.100. The Labute approximate surface area is 154 Å². The quantitative estimate of drug-likeness (QED) is 0.695. The number of nitriles is 1. The lowest BCUT2D eigenvalue weighted by Gasteiger charge is -2.22. The molecule has 0 unspecified atom stereocenters. The van der Waals surface area contributed by atoms with Gasteiger partial charge >= 0.3 is 0 Å². The van der Waals surface area contributed by atoms with Gasteiger partial charge in [0.1, 0.15) is 11.2 Å². The van der Waals surface area contributed by atoms with Crippen molar-refractivity contribution in [1.82, 2.24) is 19.7 Å². The van der Waals surface area contributed by atoms with Crippen LogP contribution in [-0.4, -0.2) is 24.9 Å². The standard InChI is InChI=1S/C20H16N6O/c1-12-8-16(9-13(2)26(12)27)18-19(15-5-3-4-14(10-15)11-21)24-25-7-6-17(22)23-20(18)25/h3-10,22,27H,1-2H3. The summed E-state index contributed by atoms with van der Waals surface area (Å²) in [5, 5.41) is 33.7. The van der Waals surface area contributed by atoms with Crippen LogP contribution in [-0.2, 0) is 0 Å². The van der Waals surface area contributed by atoms with Gasteiger partial charge in [0.2, 0.25) is 0 Å². The lowest BCUT2D eigenvalue weighted by molar-refractivity contribution is -0.0190. The van der Waals surface area contributed by atoms with Gasteiger partial charge in [0.05, 0.1) is 16.9 Å². The highest BCUT2D eigenvalue weighted by Gasteiger charge is 2.17. The Balaban J connectivity index is 2.16. The molecule has 1 aromatic carbocycles. The third-order valence-electron chi connectivity index (χ3n) is 4.44. The summed E-state index contributed by atoms with van der Waals surface area (Å²) in [6, 6.07) is 10.9. The predicted molar refractivity (Wildman–Crippen MR) is 98.8 cm³/mol. The first-order chi connectivity index (χ1) is 13.0. The average Bonchev–Trinajstić information content (AvgIpc) is 3.04. The Bertz CT molecular complexity index is 1270. The van der Waals surface area contributed by atoms with E-state index < -0.39 is 0 Å². The zero-order chi connectivity index (χ0) is 19.1. The summed E-state index contributed by atoms with van der Waals surface area (Å²) in [7, 11) is 0. The van der Waals surface area contributed by atoms with Gasteiger partial charge in [-0.2, -0.15) is 10.4 Å². The van der Waals surface area contributed by atoms with Crippen LogP contribution in [0.15, 0.2) is 60.1 Å². The molecule has 0 aliphatic carbocycles. The van der Waals surface area contributed by atoms with E-state index in [1.165, 1.54) is 0 Å². The summed E-state index contributed by atoms with van der Waals surface area (Å²) < 4.78 is 1.63. The zero-order valence-electron chi connectivity index (χ0n) is 14.8. The molecule has 0 radical (unpaired) electrons. The van der Waals surface area contributed by atoms with Crippen molar-refractivity contribution in [3.63, 3.8) is 0 Å². The maximum absolute atomic E-state index is 10.1. The normalized spacial score (nSPS) is 14.1. The van der Waals surface area contributed by atoms with Crippen LogP contribution in [0.4, 0.5) is 0 Å². The van der Waals surface area contributed by atoms with Crippen molar-refractivity contribution in [2.75, 3.05) is 0 Å². The van der Waals surface area contributed by atoms with E-state index >= 15 is 0 Å². The van der Waals surface area contributed by atoms with Crippen LogP contribution in [0.5, 0.6) is 0 Å². The largest absolute Gasteiger partial charge is 0.284 e. The van der Waals surface area contributed by atoms with Crippen molar-refractivity contribution in [1.29, 1.82) is 10.7 Å². The summed E-state index contributed by atoms with van der Waals surface area (Å²) in [6.07, 6.45) is 5.39. The summed E-state index contributed by atoms with van der Waals surface area (Å²) in [5.41, 5.74) is 4.86. The highest BCUT2D eigenvalue weighted by atomic mass is 16.5. The molecule has 1 aliphatic heterocycles. The second-order valence-electron chi connectivity index (χ2n) is 6.34. The number of allylic oxidation sites excluding steroid dienone is 4. The molecule has 0 saturated carbocycles. The van der Waals surface area contributed by atoms with Crippen LogP contribution in [0.2, 0.25) is 0 Å². The topological polar surface area (TPSA) is 101 Å². The van der Waals surface area contributed by atoms with Crippen molar-refractivity contribution in [3.05, 3.63) is 76.3 Å². The van der Waals surface area contributed by atoms with E-state index in [1.807, 2.05) is 38.1 Å². The summed E-state index contributed by atoms with van der Waals surface area (Å²) >= 11 is 0. The van der Waals surface area contributed by atoms with Crippen LogP contribution < -0.4 is 10.7 Å². The molecule has 7 heteroatoms. The highest BCUT2D eigenvalue weighted by Crippen LogP contribution is 2.23. The smallest absolute Gasteiger partial charge is 0.165 e. The minimum atomic E-state index is 0.141. The minimum absolute atomic E-state index is 0.141. The van der Waals surface area contributed by atoms with Gasteiger partial charge in [-0.05, 0) is 43.7 Å². The first kappa shape index (κ1) is 16.7. The van der Waals surface area contributed by atoms with E-state index in [9.17, 15) is 10.5 Å². The van der Waals surface area contributed by atoms with E-state index in [2.05, 4.69) is 16.2 Å². The van der Waals surface area contributed by atoms with Crippen molar-refractivity contribution in [2.45, 2.75) is 13.8 Å². The molecule has 27 heavy (non-hydrogen) atoms. The molecule has 0 amide bonds. The fourth-order valence-corrected chi connectivity index (χ4v) is 3.17. The van der Waals surface area contributed by atoms with E-state index in [1.54, 1.807) is 28.9 Å². The number of benzene rings is 1. The van der Waals surface area contributed by atoms with E-state index in [-0.39, 0.29) is 5.49 Å². The number of nitrogens with one attached hydrogen (secondary N) is 1. The van der Waals surface area contributed by atoms with Crippen molar-refractivity contribution in [2.24, 2.45) is 0 Å². The molecule has 2 aromatic heterocycles. The van der Waals surface area contributed by atoms with Crippen LogP contribution in [0.25, 0.3) is 22.5 Å². The summed E-state index contributed by atoms with van der Waals surface area (Å²) in [4.78, 5) is 4.36. The monoisotopic (exact) mass is 356 g/mol. The van der Waals surface area contributed by atoms with Gasteiger partial charge in [-0.3, -0.25) is 10.6 Å². The number of hydrogen-bond acceptors (Lipinski definition) is 6. The Morgan fingerprint density at radius 2 is 1.89 bits per heavy atom. The average molecular weight is 356 g/mol. The summed E-state index contributed by atoms with van der Waals surface area (Å²) in [6.45, 7) is 3.61. The molecule has 132 valence electrons. The van der Waals surface area contributed by atoms with Gasteiger partial charge in [0.15, 0.2) is 5.65 Å². The number of hydrogen-bond donors (Lipinski definition) is 2. The first-order valence-corrected chi connectivity index (χ1v) is 8.32. The maximum Gasteiger partial charge on any atom is 0.165 e. The van der Waals surface area contributed by atoms with Gasteiger partial charge in [-0.1, -0.05) is 12.1 Å². The number of nitrogens with zero attached hydrogens (tertiary/aromatic N) is 5. The molecule has 7 nitrogen and oxygen atoms in total. The molecule has 3 heterocycles. The molecular weight excluding hydrogens is 340 g/mol. The second kappa shape index (κ2) is 6.20. The Kier molecular flexibility index (Phi) is 3.83. The van der Waals surface area contributed by atoms with Gasteiger partial charge in [-0.15, -0.1) is 0 Å². The van der Waals surface area contributed by atoms with Crippen LogP contribution in [0.1, 0.15) is 19.4 Å². The molecule has 1 aliphatic rings. The van der Waals surface area contributed by atoms with Crippen LogP contribution in [0.3, 0.4) is 0 Å². The number of hydroxylamine groups is 2. The fourth-order valence-electron chi connectivity index (χ4n) is 3.17. The SMILES string of the molecule is CC1=CC(=c2c(-c3cccc(C#N)c3)nn3ccc(=N)nc23)C=C(C)N1O. The van der Waals surface area contributed by atoms with Crippen LogP contribution >= 0.6 is 0 Å². The summed E-state index contributed by atoms with van der Waals surface area (Å²) in [5.74, 6) is 0. The maximum atomic E-state index is 10.1. The van der Waals surface area contributed by atoms with Crippen molar-refractivity contribution in [3.8, 4) is 17.3 Å². The Morgan fingerprint density at radius 1 is 1.15 bits per heavy atom. The second-order valence-corrected chi connectivity index (χ2v) is 6.34.